The number of anilines is 1. The summed E-state index contributed by atoms with van der Waals surface area (Å²) >= 11 is 3.48. The molecule has 9 heteroatoms. The molecule has 176 valence electrons. The van der Waals surface area contributed by atoms with Crippen LogP contribution in [0.25, 0.3) is 6.08 Å². The van der Waals surface area contributed by atoms with Crippen LogP contribution in [-0.4, -0.2) is 31.4 Å². The van der Waals surface area contributed by atoms with Gasteiger partial charge in [-0.05, 0) is 83.7 Å². The molecule has 1 aromatic heterocycles. The van der Waals surface area contributed by atoms with Gasteiger partial charge in [0.2, 0.25) is 0 Å². The fourth-order valence-electron chi connectivity index (χ4n) is 3.21. The van der Waals surface area contributed by atoms with Gasteiger partial charge in [0.1, 0.15) is 36.4 Å². The average Bonchev–Trinajstić information content (AvgIpc) is 3.19. The topological polar surface area (TPSA) is 107 Å². The predicted molar refractivity (Wildman–Crippen MR) is 131 cm³/mol. The van der Waals surface area contributed by atoms with Crippen LogP contribution < -0.4 is 19.5 Å². The number of halogens is 1. The van der Waals surface area contributed by atoms with E-state index in [0.29, 0.717) is 40.5 Å². The van der Waals surface area contributed by atoms with Crippen LogP contribution in [0.2, 0.25) is 0 Å². The van der Waals surface area contributed by atoms with Crippen LogP contribution in [0.4, 0.5) is 5.82 Å². The molecule has 0 aliphatic carbocycles. The highest BCUT2D eigenvalue weighted by molar-refractivity contribution is 9.10. The lowest BCUT2D eigenvalue weighted by molar-refractivity contribution is -0.112. The Kier molecular flexibility index (Phi) is 8.33. The summed E-state index contributed by atoms with van der Waals surface area (Å²) in [4.78, 5) is 12.4. The van der Waals surface area contributed by atoms with Gasteiger partial charge in [0.25, 0.3) is 5.91 Å². The Morgan fingerprint density at radius 3 is 2.44 bits per heavy atom. The fourth-order valence-corrected chi connectivity index (χ4v) is 3.78. The Hall–Kier alpha value is -3.77. The number of nitrogens with zero attached hydrogens (tertiary/aromatic N) is 2. The number of carbonyl (C=O) groups is 1. The molecule has 0 aliphatic heterocycles. The fraction of sp³-hybridized carbons (Fsp3) is 0.240. The zero-order valence-corrected chi connectivity index (χ0v) is 20.9. The number of methoxy groups -OCH3 is 1. The molecule has 1 amide bonds. The maximum atomic E-state index is 12.4. The van der Waals surface area contributed by atoms with Crippen molar-refractivity contribution in [2.45, 2.75) is 20.8 Å². The van der Waals surface area contributed by atoms with Crippen LogP contribution in [-0.2, 0) is 4.79 Å². The second kappa shape index (κ2) is 11.4. The van der Waals surface area contributed by atoms with E-state index in [4.69, 9.17) is 18.7 Å². The second-order valence-corrected chi connectivity index (χ2v) is 8.36. The smallest absolute Gasteiger partial charge is 0.267 e. The Bertz CT molecular complexity index is 1240. The van der Waals surface area contributed by atoms with Crippen molar-refractivity contribution >= 4 is 33.7 Å². The molecule has 0 saturated heterocycles. The van der Waals surface area contributed by atoms with E-state index in [1.54, 1.807) is 25.1 Å². The number of carbonyl (C=O) groups excluding carboxylic acids is 1. The van der Waals surface area contributed by atoms with Gasteiger partial charge >= 0.3 is 0 Å². The van der Waals surface area contributed by atoms with Gasteiger partial charge in [-0.3, -0.25) is 4.79 Å². The van der Waals surface area contributed by atoms with Gasteiger partial charge in [-0.25, -0.2) is 0 Å². The van der Waals surface area contributed by atoms with Gasteiger partial charge in [0, 0.05) is 6.07 Å². The minimum absolute atomic E-state index is 0.106. The summed E-state index contributed by atoms with van der Waals surface area (Å²) in [6.07, 6.45) is 1.45. The summed E-state index contributed by atoms with van der Waals surface area (Å²) in [7, 11) is 1.51. The van der Waals surface area contributed by atoms with Gasteiger partial charge in [0.05, 0.1) is 11.6 Å². The van der Waals surface area contributed by atoms with Gasteiger partial charge in [0.15, 0.2) is 17.3 Å². The second-order valence-electron chi connectivity index (χ2n) is 7.50. The van der Waals surface area contributed by atoms with E-state index < -0.39 is 5.91 Å². The summed E-state index contributed by atoms with van der Waals surface area (Å²) in [6.45, 7) is 6.38. The zero-order valence-electron chi connectivity index (χ0n) is 19.3. The Balaban J connectivity index is 1.69. The van der Waals surface area contributed by atoms with E-state index in [-0.39, 0.29) is 11.4 Å². The van der Waals surface area contributed by atoms with E-state index in [2.05, 4.69) is 32.5 Å². The third kappa shape index (κ3) is 6.62. The molecule has 0 saturated carbocycles. The van der Waals surface area contributed by atoms with Crippen LogP contribution >= 0.6 is 15.9 Å². The standard InChI is InChI=1S/C25H24BrN3O5/c1-15-7-16(2)9-20(8-15)32-5-6-33-24-21(26)12-18(13-22(24)31-4)11-19(14-27)25(30)28-23-10-17(3)34-29-23/h7-13H,5-6H2,1-4H3,(H,28,29,30)/b19-11-. The average molecular weight is 526 g/mol. The van der Waals surface area contributed by atoms with Crippen molar-refractivity contribution in [2.75, 3.05) is 25.6 Å². The van der Waals surface area contributed by atoms with Crippen molar-refractivity contribution in [1.29, 1.82) is 5.26 Å². The van der Waals surface area contributed by atoms with E-state index in [1.807, 2.05) is 32.0 Å². The Labute approximate surface area is 206 Å². The first-order valence-corrected chi connectivity index (χ1v) is 11.2. The van der Waals surface area contributed by atoms with E-state index in [9.17, 15) is 10.1 Å². The molecule has 0 unspecified atom stereocenters. The molecular weight excluding hydrogens is 502 g/mol. The molecular formula is C25H24BrN3O5. The van der Waals surface area contributed by atoms with Crippen molar-refractivity contribution in [3.8, 4) is 23.3 Å². The van der Waals surface area contributed by atoms with Crippen molar-refractivity contribution in [3.63, 3.8) is 0 Å². The van der Waals surface area contributed by atoms with Crippen LogP contribution in [0.1, 0.15) is 22.5 Å². The number of nitriles is 1. The minimum atomic E-state index is -0.602. The summed E-state index contributed by atoms with van der Waals surface area (Å²) in [5.74, 6) is 1.89. The molecule has 3 aromatic rings. The molecule has 3 rings (SSSR count). The highest BCUT2D eigenvalue weighted by Crippen LogP contribution is 2.37. The van der Waals surface area contributed by atoms with Crippen molar-refractivity contribution in [3.05, 3.63) is 68.9 Å². The first-order chi connectivity index (χ1) is 16.3. The predicted octanol–water partition coefficient (Wildman–Crippen LogP) is 5.37. The van der Waals surface area contributed by atoms with Crippen molar-refractivity contribution < 1.29 is 23.5 Å². The number of nitrogens with one attached hydrogen (secondary N) is 1. The number of hydrogen-bond acceptors (Lipinski definition) is 7. The first-order valence-electron chi connectivity index (χ1n) is 10.4. The largest absolute Gasteiger partial charge is 0.493 e. The van der Waals surface area contributed by atoms with Crippen molar-refractivity contribution in [1.82, 2.24) is 5.16 Å². The summed E-state index contributed by atoms with van der Waals surface area (Å²) in [6, 6.07) is 12.9. The molecule has 34 heavy (non-hydrogen) atoms. The molecule has 0 atom stereocenters. The van der Waals surface area contributed by atoms with Crippen LogP contribution in [0.15, 0.2) is 51.0 Å². The first kappa shape index (κ1) is 24.9. The van der Waals surface area contributed by atoms with E-state index >= 15 is 0 Å². The number of aromatic nitrogens is 1. The lowest BCUT2D eigenvalue weighted by Gasteiger charge is -2.14. The Morgan fingerprint density at radius 2 is 1.82 bits per heavy atom. The zero-order chi connectivity index (χ0) is 24.7. The monoisotopic (exact) mass is 525 g/mol. The van der Waals surface area contributed by atoms with Gasteiger partial charge in [-0.1, -0.05) is 11.2 Å². The number of aryl methyl sites for hydroxylation is 3. The lowest BCUT2D eigenvalue weighted by atomic mass is 10.1. The molecule has 0 aliphatic rings. The highest BCUT2D eigenvalue weighted by Gasteiger charge is 2.15. The molecule has 0 radical (unpaired) electrons. The molecule has 1 heterocycles. The quantitative estimate of drug-likeness (QED) is 0.227. The van der Waals surface area contributed by atoms with E-state index in [1.165, 1.54) is 13.2 Å². The number of benzene rings is 2. The number of ether oxygens (including phenoxy) is 3. The normalized spacial score (nSPS) is 11.0. The van der Waals surface area contributed by atoms with Crippen LogP contribution in [0.3, 0.4) is 0 Å². The van der Waals surface area contributed by atoms with Gasteiger partial charge < -0.3 is 24.1 Å². The molecule has 0 fully saturated rings. The maximum absolute atomic E-state index is 12.4. The molecule has 0 bridgehead atoms. The third-order valence-electron chi connectivity index (χ3n) is 4.59. The molecule has 0 spiro atoms. The SMILES string of the molecule is COc1cc(/C=C(/C#N)C(=O)Nc2cc(C)on2)cc(Br)c1OCCOc1cc(C)cc(C)c1. The Morgan fingerprint density at radius 1 is 1.12 bits per heavy atom. The number of rotatable bonds is 9. The van der Waals surface area contributed by atoms with Gasteiger partial charge in [-0.15, -0.1) is 0 Å². The molecule has 8 nitrogen and oxygen atoms in total. The summed E-state index contributed by atoms with van der Waals surface area (Å²) in [5.41, 5.74) is 2.73. The summed E-state index contributed by atoms with van der Waals surface area (Å²) < 4.78 is 22.6. The van der Waals surface area contributed by atoms with E-state index in [0.717, 1.165) is 16.9 Å². The number of hydrogen-bond donors (Lipinski definition) is 1. The molecule has 1 N–H and O–H groups in total. The molecule has 2 aromatic carbocycles. The number of amides is 1. The van der Waals surface area contributed by atoms with Crippen LogP contribution in [0, 0.1) is 32.1 Å². The minimum Gasteiger partial charge on any atom is -0.493 e. The highest BCUT2D eigenvalue weighted by atomic mass is 79.9. The lowest BCUT2D eigenvalue weighted by Crippen LogP contribution is -2.13. The van der Waals surface area contributed by atoms with Crippen LogP contribution in [0.5, 0.6) is 17.2 Å². The maximum Gasteiger partial charge on any atom is 0.267 e. The van der Waals surface area contributed by atoms with Gasteiger partial charge in [-0.2, -0.15) is 5.26 Å². The summed E-state index contributed by atoms with van der Waals surface area (Å²) in [5, 5.41) is 15.7. The third-order valence-corrected chi connectivity index (χ3v) is 5.18. The van der Waals surface area contributed by atoms with Crippen molar-refractivity contribution in [2.24, 2.45) is 0 Å².